The van der Waals surface area contributed by atoms with E-state index in [-0.39, 0.29) is 44.8 Å². The van der Waals surface area contributed by atoms with Gasteiger partial charge in [-0.1, -0.05) is 48.5 Å². The molecule has 2 aliphatic carbocycles. The van der Waals surface area contributed by atoms with Crippen molar-refractivity contribution < 1.29 is 19.2 Å². The first kappa shape index (κ1) is 15.7. The zero-order valence-corrected chi connectivity index (χ0v) is 13.4. The molecule has 0 aliphatic heterocycles. The minimum atomic E-state index is -0.601. The summed E-state index contributed by atoms with van der Waals surface area (Å²) in [4.78, 5) is 51.0. The van der Waals surface area contributed by atoms with E-state index in [1.807, 2.05) is 0 Å². The van der Waals surface area contributed by atoms with Crippen LogP contribution in [0.1, 0.15) is 41.4 Å². The minimum absolute atomic E-state index is 0.126. The Morgan fingerprint density at radius 2 is 0.731 bits per heavy atom. The monoisotopic (exact) mass is 344 g/mol. The third-order valence-electron chi connectivity index (χ3n) is 4.56. The first-order valence-corrected chi connectivity index (χ1v) is 7.80. The number of carbonyl (C=O) groups is 4. The summed E-state index contributed by atoms with van der Waals surface area (Å²) in [5.41, 5.74) is 11.0. The van der Waals surface area contributed by atoms with Gasteiger partial charge in [0.25, 0.3) is 0 Å². The van der Waals surface area contributed by atoms with Gasteiger partial charge in [-0.3, -0.25) is 19.2 Å². The van der Waals surface area contributed by atoms with Crippen LogP contribution in [0.4, 0.5) is 0 Å². The minimum Gasteiger partial charge on any atom is -0.395 e. The van der Waals surface area contributed by atoms with E-state index in [2.05, 4.69) is 0 Å². The SMILES string of the molecule is NC1=C(C2=C(N)C(=O)c3ccccc3C2=O)C(=O)c2ccccc2C1=O. The Hall–Kier alpha value is -3.80. The lowest BCUT2D eigenvalue weighted by molar-refractivity contribution is 0.0951. The van der Waals surface area contributed by atoms with Gasteiger partial charge < -0.3 is 11.5 Å². The molecule has 0 fully saturated rings. The van der Waals surface area contributed by atoms with Gasteiger partial charge in [0.2, 0.25) is 11.6 Å². The topological polar surface area (TPSA) is 120 Å². The zero-order valence-electron chi connectivity index (χ0n) is 13.4. The molecule has 0 unspecified atom stereocenters. The van der Waals surface area contributed by atoms with Crippen molar-refractivity contribution in [1.29, 1.82) is 0 Å². The third-order valence-corrected chi connectivity index (χ3v) is 4.56. The van der Waals surface area contributed by atoms with Crippen LogP contribution >= 0.6 is 0 Å². The lowest BCUT2D eigenvalue weighted by atomic mass is 9.77. The fourth-order valence-electron chi connectivity index (χ4n) is 3.29. The second-order valence-corrected chi connectivity index (χ2v) is 5.99. The Kier molecular flexibility index (Phi) is 3.23. The predicted molar refractivity (Wildman–Crippen MR) is 92.6 cm³/mol. The van der Waals surface area contributed by atoms with Gasteiger partial charge in [0, 0.05) is 22.3 Å². The van der Waals surface area contributed by atoms with Gasteiger partial charge in [-0.25, -0.2) is 0 Å². The van der Waals surface area contributed by atoms with Crippen molar-refractivity contribution in [1.82, 2.24) is 0 Å². The van der Waals surface area contributed by atoms with Gasteiger partial charge in [0.05, 0.1) is 22.5 Å². The third kappa shape index (κ3) is 1.92. The smallest absolute Gasteiger partial charge is 0.210 e. The van der Waals surface area contributed by atoms with Crippen molar-refractivity contribution in [3.05, 3.63) is 93.3 Å². The van der Waals surface area contributed by atoms with Gasteiger partial charge in [-0.15, -0.1) is 0 Å². The number of nitrogens with two attached hydrogens (primary N) is 2. The van der Waals surface area contributed by atoms with E-state index in [0.29, 0.717) is 0 Å². The average molecular weight is 344 g/mol. The van der Waals surface area contributed by atoms with Crippen molar-refractivity contribution in [3.63, 3.8) is 0 Å². The van der Waals surface area contributed by atoms with Crippen LogP contribution < -0.4 is 11.5 Å². The molecule has 0 amide bonds. The molecule has 0 heterocycles. The highest BCUT2D eigenvalue weighted by Crippen LogP contribution is 2.34. The molecule has 6 nitrogen and oxygen atoms in total. The number of benzene rings is 2. The van der Waals surface area contributed by atoms with Crippen molar-refractivity contribution >= 4 is 23.1 Å². The Morgan fingerprint density at radius 1 is 0.462 bits per heavy atom. The van der Waals surface area contributed by atoms with Crippen LogP contribution in [0.2, 0.25) is 0 Å². The molecule has 0 bridgehead atoms. The van der Waals surface area contributed by atoms with E-state index in [4.69, 9.17) is 11.5 Å². The van der Waals surface area contributed by atoms with E-state index < -0.39 is 23.1 Å². The van der Waals surface area contributed by atoms with Gasteiger partial charge in [-0.05, 0) is 0 Å². The van der Waals surface area contributed by atoms with Gasteiger partial charge in [-0.2, -0.15) is 0 Å². The number of fused-ring (bicyclic) bond motifs is 2. The lowest BCUT2D eigenvalue weighted by Crippen LogP contribution is -2.34. The standard InChI is InChI=1S/C20H12N2O4/c21-15-13(17(23)9-5-1-3-7-11(9)19(15)25)14-16(22)20(26)12-8-4-2-6-10(12)18(14)24/h1-8H,21-22H2. The van der Waals surface area contributed by atoms with Crippen LogP contribution in [-0.4, -0.2) is 23.1 Å². The normalized spacial score (nSPS) is 16.8. The maximum Gasteiger partial charge on any atom is 0.210 e. The van der Waals surface area contributed by atoms with Crippen LogP contribution in [0.3, 0.4) is 0 Å². The molecular formula is C20H12N2O4. The summed E-state index contributed by atoms with van der Waals surface area (Å²) in [6.45, 7) is 0. The number of hydrogen-bond donors (Lipinski definition) is 2. The first-order chi connectivity index (χ1) is 12.4. The van der Waals surface area contributed by atoms with E-state index in [1.165, 1.54) is 24.3 Å². The van der Waals surface area contributed by atoms with Gasteiger partial charge >= 0.3 is 0 Å². The van der Waals surface area contributed by atoms with Crippen molar-refractivity contribution in [3.8, 4) is 0 Å². The highest BCUT2D eigenvalue weighted by Gasteiger charge is 2.40. The molecule has 26 heavy (non-hydrogen) atoms. The summed E-state index contributed by atoms with van der Waals surface area (Å²) in [5, 5.41) is 0. The van der Waals surface area contributed by atoms with Crippen molar-refractivity contribution in [2.45, 2.75) is 0 Å². The summed E-state index contributed by atoms with van der Waals surface area (Å²) in [5.74, 6) is -2.35. The quantitative estimate of drug-likeness (QED) is 0.810. The Balaban J connectivity index is 1.99. The maximum absolute atomic E-state index is 12.9. The number of Topliss-reactive ketones (excluding diaryl/α,β-unsaturated/α-hetero) is 4. The molecule has 0 spiro atoms. The summed E-state index contributed by atoms with van der Waals surface area (Å²) in [6, 6.07) is 12.3. The molecule has 126 valence electrons. The predicted octanol–water partition coefficient (Wildman–Crippen LogP) is 1.57. The fourth-order valence-corrected chi connectivity index (χ4v) is 3.29. The largest absolute Gasteiger partial charge is 0.395 e. The lowest BCUT2D eigenvalue weighted by Gasteiger charge is -2.24. The molecule has 4 N–H and O–H groups in total. The Bertz CT molecular complexity index is 1030. The molecule has 0 radical (unpaired) electrons. The molecule has 2 aliphatic rings. The van der Waals surface area contributed by atoms with Crippen LogP contribution in [0.5, 0.6) is 0 Å². The molecule has 2 aromatic rings. The van der Waals surface area contributed by atoms with Crippen LogP contribution in [-0.2, 0) is 0 Å². The molecule has 2 aromatic carbocycles. The number of ketones is 4. The molecular weight excluding hydrogens is 332 g/mol. The Morgan fingerprint density at radius 3 is 1.04 bits per heavy atom. The van der Waals surface area contributed by atoms with Crippen molar-refractivity contribution in [2.24, 2.45) is 11.5 Å². The second kappa shape index (κ2) is 5.35. The number of rotatable bonds is 1. The first-order valence-electron chi connectivity index (χ1n) is 7.80. The van der Waals surface area contributed by atoms with E-state index >= 15 is 0 Å². The van der Waals surface area contributed by atoms with Crippen molar-refractivity contribution in [2.75, 3.05) is 0 Å². The molecule has 6 heteroatoms. The average Bonchev–Trinajstić information content (AvgIpc) is 2.67. The second-order valence-electron chi connectivity index (χ2n) is 5.99. The van der Waals surface area contributed by atoms with E-state index in [0.717, 1.165) is 0 Å². The van der Waals surface area contributed by atoms with Crippen LogP contribution in [0.25, 0.3) is 0 Å². The Labute approximate surface area is 147 Å². The maximum atomic E-state index is 12.9. The summed E-state index contributed by atoms with van der Waals surface area (Å²) in [7, 11) is 0. The summed E-state index contributed by atoms with van der Waals surface area (Å²) >= 11 is 0. The van der Waals surface area contributed by atoms with Crippen LogP contribution in [0, 0.1) is 0 Å². The molecule has 0 atom stereocenters. The summed E-state index contributed by atoms with van der Waals surface area (Å²) in [6.07, 6.45) is 0. The molecule has 4 rings (SSSR count). The molecule has 0 saturated heterocycles. The van der Waals surface area contributed by atoms with E-state index in [1.54, 1.807) is 24.3 Å². The number of allylic oxidation sites excluding steroid dienone is 4. The van der Waals surface area contributed by atoms with Gasteiger partial charge in [0.15, 0.2) is 11.6 Å². The van der Waals surface area contributed by atoms with E-state index in [9.17, 15) is 19.2 Å². The van der Waals surface area contributed by atoms with Crippen LogP contribution in [0.15, 0.2) is 71.1 Å². The molecule has 0 saturated carbocycles. The van der Waals surface area contributed by atoms with Gasteiger partial charge in [0.1, 0.15) is 0 Å². The number of carbonyl (C=O) groups excluding carboxylic acids is 4. The number of hydrogen-bond acceptors (Lipinski definition) is 6. The molecule has 0 aromatic heterocycles. The fraction of sp³-hybridized carbons (Fsp3) is 0. The highest BCUT2D eigenvalue weighted by atomic mass is 16.2. The summed E-state index contributed by atoms with van der Waals surface area (Å²) < 4.78 is 0. The zero-order chi connectivity index (χ0) is 18.6. The highest BCUT2D eigenvalue weighted by molar-refractivity contribution is 6.36.